The van der Waals surface area contributed by atoms with Crippen LogP contribution >= 0.6 is 23.4 Å². The van der Waals surface area contributed by atoms with Crippen LogP contribution in [0.15, 0.2) is 23.1 Å². The number of benzene rings is 1. The van der Waals surface area contributed by atoms with Gasteiger partial charge < -0.3 is 4.84 Å². The normalized spacial score (nSPS) is 10.4. The molecule has 0 radical (unpaired) electrons. The third-order valence-corrected chi connectivity index (χ3v) is 2.95. The summed E-state index contributed by atoms with van der Waals surface area (Å²) in [5.74, 6) is 4.93. The first-order valence-corrected chi connectivity index (χ1v) is 5.52. The van der Waals surface area contributed by atoms with Gasteiger partial charge in [-0.1, -0.05) is 17.7 Å². The first-order chi connectivity index (χ1) is 6.27. The van der Waals surface area contributed by atoms with E-state index < -0.39 is 0 Å². The van der Waals surface area contributed by atoms with Gasteiger partial charge in [0, 0.05) is 4.90 Å². The maximum atomic E-state index is 6.02. The summed E-state index contributed by atoms with van der Waals surface area (Å²) in [5, 5.41) is 0.794. The standard InChI is InChI=1S/C9H12ClNOS/c1-13-9-3-2-7(4-5-12-11)6-8(9)10/h2-3,6H,4-5,11H2,1H3. The van der Waals surface area contributed by atoms with Gasteiger partial charge in [-0.15, -0.1) is 11.8 Å². The summed E-state index contributed by atoms with van der Waals surface area (Å²) < 4.78 is 0. The lowest BCUT2D eigenvalue weighted by atomic mass is 10.2. The predicted octanol–water partition coefficient (Wildman–Crippen LogP) is 2.49. The molecule has 2 N–H and O–H groups in total. The van der Waals surface area contributed by atoms with Gasteiger partial charge in [-0.25, -0.2) is 5.90 Å². The van der Waals surface area contributed by atoms with Crippen LogP contribution in [0.25, 0.3) is 0 Å². The van der Waals surface area contributed by atoms with Crippen LogP contribution < -0.4 is 5.90 Å². The van der Waals surface area contributed by atoms with Gasteiger partial charge in [0.15, 0.2) is 0 Å². The fourth-order valence-electron chi connectivity index (χ4n) is 1.04. The first kappa shape index (κ1) is 10.9. The molecular weight excluding hydrogens is 206 g/mol. The van der Waals surface area contributed by atoms with Crippen molar-refractivity contribution < 1.29 is 4.84 Å². The highest BCUT2D eigenvalue weighted by atomic mass is 35.5. The molecule has 0 fully saturated rings. The number of hydrogen-bond donors (Lipinski definition) is 1. The third-order valence-electron chi connectivity index (χ3n) is 1.72. The highest BCUT2D eigenvalue weighted by Crippen LogP contribution is 2.26. The Hall–Kier alpha value is -0.220. The second-order valence-electron chi connectivity index (χ2n) is 2.59. The van der Waals surface area contributed by atoms with E-state index in [-0.39, 0.29) is 0 Å². The number of rotatable bonds is 4. The van der Waals surface area contributed by atoms with Crippen molar-refractivity contribution in [2.45, 2.75) is 11.3 Å². The van der Waals surface area contributed by atoms with E-state index >= 15 is 0 Å². The van der Waals surface area contributed by atoms with Crippen molar-refractivity contribution >= 4 is 23.4 Å². The van der Waals surface area contributed by atoms with Crippen LogP contribution in [-0.2, 0) is 11.3 Å². The minimum absolute atomic E-state index is 0.523. The van der Waals surface area contributed by atoms with Gasteiger partial charge in [-0.3, -0.25) is 0 Å². The van der Waals surface area contributed by atoms with E-state index in [9.17, 15) is 0 Å². The van der Waals surface area contributed by atoms with Crippen molar-refractivity contribution in [3.05, 3.63) is 28.8 Å². The van der Waals surface area contributed by atoms with Gasteiger partial charge in [0.25, 0.3) is 0 Å². The Balaban J connectivity index is 2.71. The molecule has 0 heterocycles. The molecule has 0 saturated carbocycles. The van der Waals surface area contributed by atoms with Crippen LogP contribution in [0.3, 0.4) is 0 Å². The second-order valence-corrected chi connectivity index (χ2v) is 3.84. The summed E-state index contributed by atoms with van der Waals surface area (Å²) in [4.78, 5) is 5.59. The van der Waals surface area contributed by atoms with Crippen LogP contribution in [0, 0.1) is 0 Å². The second kappa shape index (κ2) is 5.50. The molecule has 4 heteroatoms. The Labute approximate surface area is 87.4 Å². The maximum Gasteiger partial charge on any atom is 0.0719 e. The summed E-state index contributed by atoms with van der Waals surface area (Å²) >= 11 is 7.66. The molecule has 1 aromatic rings. The Morgan fingerprint density at radius 1 is 1.54 bits per heavy atom. The zero-order chi connectivity index (χ0) is 9.68. The average Bonchev–Trinajstić information content (AvgIpc) is 2.15. The molecule has 13 heavy (non-hydrogen) atoms. The molecular formula is C9H12ClNOS. The van der Waals surface area contributed by atoms with E-state index in [2.05, 4.69) is 4.84 Å². The fraction of sp³-hybridized carbons (Fsp3) is 0.333. The SMILES string of the molecule is CSc1ccc(CCON)cc1Cl. The number of nitrogens with two attached hydrogens (primary N) is 1. The largest absolute Gasteiger partial charge is 0.304 e. The topological polar surface area (TPSA) is 35.2 Å². The lowest BCUT2D eigenvalue weighted by molar-refractivity contribution is 0.141. The molecule has 1 rings (SSSR count). The first-order valence-electron chi connectivity index (χ1n) is 3.92. The molecule has 0 aromatic heterocycles. The molecule has 0 spiro atoms. The van der Waals surface area contributed by atoms with E-state index in [1.165, 1.54) is 0 Å². The summed E-state index contributed by atoms with van der Waals surface area (Å²) in [5.41, 5.74) is 1.15. The molecule has 0 saturated heterocycles. The van der Waals surface area contributed by atoms with Gasteiger partial charge in [0.1, 0.15) is 0 Å². The van der Waals surface area contributed by atoms with Gasteiger partial charge in [0.05, 0.1) is 11.6 Å². The molecule has 0 unspecified atom stereocenters. The Kier molecular flexibility index (Phi) is 4.59. The molecule has 0 aliphatic carbocycles. The zero-order valence-corrected chi connectivity index (χ0v) is 8.99. The van der Waals surface area contributed by atoms with Crippen molar-refractivity contribution in [2.24, 2.45) is 5.90 Å². The van der Waals surface area contributed by atoms with Gasteiger partial charge in [-0.05, 0) is 30.4 Å². The monoisotopic (exact) mass is 217 g/mol. The molecule has 2 nitrogen and oxygen atoms in total. The number of hydrogen-bond acceptors (Lipinski definition) is 3. The van der Waals surface area contributed by atoms with E-state index in [1.54, 1.807) is 11.8 Å². The minimum Gasteiger partial charge on any atom is -0.304 e. The Morgan fingerprint density at radius 3 is 2.85 bits per heavy atom. The molecule has 1 aromatic carbocycles. The molecule has 0 atom stereocenters. The van der Waals surface area contributed by atoms with E-state index in [0.29, 0.717) is 6.61 Å². The van der Waals surface area contributed by atoms with E-state index in [4.69, 9.17) is 17.5 Å². The minimum atomic E-state index is 0.523. The van der Waals surface area contributed by atoms with Crippen LogP contribution in [0.5, 0.6) is 0 Å². The van der Waals surface area contributed by atoms with Crippen molar-refractivity contribution in [3.8, 4) is 0 Å². The highest BCUT2D eigenvalue weighted by molar-refractivity contribution is 7.98. The van der Waals surface area contributed by atoms with Crippen molar-refractivity contribution in [1.29, 1.82) is 0 Å². The molecule has 0 aliphatic rings. The summed E-state index contributed by atoms with van der Waals surface area (Å²) in [6.07, 6.45) is 2.80. The smallest absolute Gasteiger partial charge is 0.0719 e. The van der Waals surface area contributed by atoms with E-state index in [0.717, 1.165) is 21.9 Å². The number of halogens is 1. The summed E-state index contributed by atoms with van der Waals surface area (Å²) in [7, 11) is 0. The van der Waals surface area contributed by atoms with Crippen LogP contribution in [0.4, 0.5) is 0 Å². The molecule has 0 amide bonds. The lowest BCUT2D eigenvalue weighted by Crippen LogP contribution is -2.03. The summed E-state index contributed by atoms with van der Waals surface area (Å²) in [6, 6.07) is 6.00. The maximum absolute atomic E-state index is 6.02. The van der Waals surface area contributed by atoms with Crippen molar-refractivity contribution in [1.82, 2.24) is 0 Å². The van der Waals surface area contributed by atoms with Gasteiger partial charge in [0.2, 0.25) is 0 Å². The Morgan fingerprint density at radius 2 is 2.31 bits per heavy atom. The predicted molar refractivity (Wildman–Crippen MR) is 57.1 cm³/mol. The van der Waals surface area contributed by atoms with Crippen LogP contribution in [0.2, 0.25) is 5.02 Å². The Bertz CT molecular complexity index is 280. The molecule has 0 bridgehead atoms. The van der Waals surface area contributed by atoms with Gasteiger partial charge >= 0.3 is 0 Å². The van der Waals surface area contributed by atoms with Crippen LogP contribution in [-0.4, -0.2) is 12.9 Å². The number of thioether (sulfide) groups is 1. The van der Waals surface area contributed by atoms with Gasteiger partial charge in [-0.2, -0.15) is 0 Å². The van der Waals surface area contributed by atoms with Crippen LogP contribution in [0.1, 0.15) is 5.56 Å². The van der Waals surface area contributed by atoms with Crippen molar-refractivity contribution in [3.63, 3.8) is 0 Å². The third kappa shape index (κ3) is 3.19. The van der Waals surface area contributed by atoms with Crippen molar-refractivity contribution in [2.75, 3.05) is 12.9 Å². The average molecular weight is 218 g/mol. The quantitative estimate of drug-likeness (QED) is 0.622. The fourth-order valence-corrected chi connectivity index (χ4v) is 1.93. The van der Waals surface area contributed by atoms with E-state index in [1.807, 2.05) is 24.5 Å². The summed E-state index contributed by atoms with van der Waals surface area (Å²) in [6.45, 7) is 0.523. The lowest BCUT2D eigenvalue weighted by Gasteiger charge is -2.03. The highest BCUT2D eigenvalue weighted by Gasteiger charge is 2.00. The molecule has 0 aliphatic heterocycles. The zero-order valence-electron chi connectivity index (χ0n) is 7.42. The molecule has 72 valence electrons.